The summed E-state index contributed by atoms with van der Waals surface area (Å²) in [4.78, 5) is -0.140. The lowest BCUT2D eigenvalue weighted by Crippen LogP contribution is -2.16. The van der Waals surface area contributed by atoms with Crippen molar-refractivity contribution in [2.75, 3.05) is 45.0 Å². The average Bonchev–Trinajstić information content (AvgIpc) is 3.47. The lowest BCUT2D eigenvalue weighted by molar-refractivity contribution is 0.111. The number of nitrogens with zero attached hydrogens (tertiary/aromatic N) is 1. The number of anilines is 2. The van der Waals surface area contributed by atoms with Crippen molar-refractivity contribution in [3.05, 3.63) is 29.8 Å². The third kappa shape index (κ3) is 3.89. The summed E-state index contributed by atoms with van der Waals surface area (Å²) in [6, 6.07) is 6.65. The zero-order valence-electron chi connectivity index (χ0n) is 18.2. The first-order valence-corrected chi connectivity index (χ1v) is 11.5. The molecule has 1 fully saturated rings. The number of aromatic nitrogens is 1. The molecule has 4 rings (SSSR count). The molecule has 2 N–H and O–H groups in total. The number of benzene rings is 2. The van der Waals surface area contributed by atoms with E-state index in [2.05, 4.69) is 15.2 Å². The van der Waals surface area contributed by atoms with Crippen molar-refractivity contribution in [2.24, 2.45) is 0 Å². The van der Waals surface area contributed by atoms with Crippen LogP contribution >= 0.6 is 0 Å². The summed E-state index contributed by atoms with van der Waals surface area (Å²) < 4.78 is 56.5. The van der Waals surface area contributed by atoms with Crippen LogP contribution < -0.4 is 24.2 Å². The second-order valence-electron chi connectivity index (χ2n) is 7.19. The Morgan fingerprint density at radius 2 is 1.72 bits per heavy atom. The van der Waals surface area contributed by atoms with E-state index in [4.69, 9.17) is 23.5 Å². The van der Waals surface area contributed by atoms with Gasteiger partial charge in [0.15, 0.2) is 16.3 Å². The Labute approximate surface area is 185 Å². The zero-order chi connectivity index (χ0) is 22.9. The summed E-state index contributed by atoms with van der Waals surface area (Å²) in [5.74, 6) is 0.823. The molecule has 0 aliphatic carbocycles. The largest absolute Gasteiger partial charge is 0.495 e. The number of fused-ring (bicyclic) bond motifs is 1. The minimum Gasteiger partial charge on any atom is -0.495 e. The number of hydrogen-bond acceptors (Lipinski definition) is 9. The minimum atomic E-state index is -4.16. The van der Waals surface area contributed by atoms with Crippen molar-refractivity contribution in [1.29, 1.82) is 0 Å². The van der Waals surface area contributed by atoms with Crippen LogP contribution in [0.15, 0.2) is 33.7 Å². The Hall–Kier alpha value is -3.18. The molecular formula is C21H25N3O7S. The number of hydrogen-bond donors (Lipinski definition) is 2. The van der Waals surface area contributed by atoms with Crippen LogP contribution in [0.25, 0.3) is 11.0 Å². The number of rotatable bonds is 8. The summed E-state index contributed by atoms with van der Waals surface area (Å²) in [6.45, 7) is 0.662. The molecule has 1 unspecified atom stereocenters. The molecule has 32 heavy (non-hydrogen) atoms. The highest BCUT2D eigenvalue weighted by molar-refractivity contribution is 7.93. The normalized spacial score (nSPS) is 16.2. The maximum Gasteiger partial charge on any atom is 0.270 e. The number of nitrogens with one attached hydrogen (secondary N) is 2. The summed E-state index contributed by atoms with van der Waals surface area (Å²) in [5.41, 5.74) is 1.87. The molecule has 0 radical (unpaired) electrons. The summed E-state index contributed by atoms with van der Waals surface area (Å²) >= 11 is 0. The molecule has 0 spiro atoms. The molecule has 0 bridgehead atoms. The van der Waals surface area contributed by atoms with Gasteiger partial charge in [-0.05, 0) is 36.6 Å². The molecule has 2 heterocycles. The van der Waals surface area contributed by atoms with E-state index in [1.807, 2.05) is 0 Å². The topological polar surface area (TPSA) is 121 Å². The van der Waals surface area contributed by atoms with E-state index in [0.717, 1.165) is 18.4 Å². The smallest absolute Gasteiger partial charge is 0.270 e. The monoisotopic (exact) mass is 463 g/mol. The third-order valence-corrected chi connectivity index (χ3v) is 6.75. The van der Waals surface area contributed by atoms with Gasteiger partial charge in [-0.1, -0.05) is 5.16 Å². The van der Waals surface area contributed by atoms with Crippen LogP contribution in [0, 0.1) is 0 Å². The van der Waals surface area contributed by atoms with Crippen LogP contribution in [0.2, 0.25) is 0 Å². The van der Waals surface area contributed by atoms with E-state index in [1.54, 1.807) is 31.3 Å². The van der Waals surface area contributed by atoms with E-state index in [9.17, 15) is 8.42 Å². The van der Waals surface area contributed by atoms with E-state index in [-0.39, 0.29) is 28.3 Å². The van der Waals surface area contributed by atoms with Gasteiger partial charge in [-0.25, -0.2) is 8.42 Å². The first-order valence-electron chi connectivity index (χ1n) is 9.97. The van der Waals surface area contributed by atoms with Crippen molar-refractivity contribution in [3.63, 3.8) is 0 Å². The van der Waals surface area contributed by atoms with Gasteiger partial charge in [0.1, 0.15) is 17.2 Å². The minimum absolute atomic E-state index is 0.0215. The molecule has 0 saturated carbocycles. The molecule has 1 aromatic heterocycles. The van der Waals surface area contributed by atoms with Crippen LogP contribution in [0.4, 0.5) is 11.5 Å². The standard InChI is InChI=1S/C21H25N3O7S/c1-22-14-11-16-13(10-17(14)27-2)21(23-31-16)24-32(25,26)20-18(28-3)8-12(9-19(20)29-4)15-6-5-7-30-15/h8-11,15,22H,5-7H2,1-4H3,(H,23,24). The molecule has 10 nitrogen and oxygen atoms in total. The van der Waals surface area contributed by atoms with Gasteiger partial charge in [-0.2, -0.15) is 0 Å². The van der Waals surface area contributed by atoms with E-state index < -0.39 is 10.0 Å². The highest BCUT2D eigenvalue weighted by Gasteiger charge is 2.30. The summed E-state index contributed by atoms with van der Waals surface area (Å²) in [6.07, 6.45) is 1.66. The van der Waals surface area contributed by atoms with E-state index in [1.165, 1.54) is 21.3 Å². The molecule has 172 valence electrons. The predicted octanol–water partition coefficient (Wildman–Crippen LogP) is 3.55. The van der Waals surface area contributed by atoms with Gasteiger partial charge >= 0.3 is 0 Å². The molecule has 11 heteroatoms. The third-order valence-electron chi connectivity index (χ3n) is 5.35. The number of sulfonamides is 1. The highest BCUT2D eigenvalue weighted by Crippen LogP contribution is 2.41. The fourth-order valence-electron chi connectivity index (χ4n) is 3.77. The maximum atomic E-state index is 13.4. The van der Waals surface area contributed by atoms with Gasteiger partial charge in [-0.15, -0.1) is 0 Å². The zero-order valence-corrected chi connectivity index (χ0v) is 19.0. The van der Waals surface area contributed by atoms with Gasteiger partial charge in [-0.3, -0.25) is 4.72 Å². The molecule has 1 saturated heterocycles. The molecule has 3 aromatic rings. The van der Waals surface area contributed by atoms with E-state index in [0.29, 0.717) is 29.0 Å². The van der Waals surface area contributed by atoms with Crippen molar-refractivity contribution < 1.29 is 31.9 Å². The quantitative estimate of drug-likeness (QED) is 0.516. The van der Waals surface area contributed by atoms with Crippen LogP contribution in [0.3, 0.4) is 0 Å². The fraction of sp³-hybridized carbons (Fsp3) is 0.381. The molecule has 0 amide bonds. The second-order valence-corrected chi connectivity index (χ2v) is 8.81. The van der Waals surface area contributed by atoms with Gasteiger partial charge in [0.25, 0.3) is 10.0 Å². The van der Waals surface area contributed by atoms with Crippen molar-refractivity contribution in [3.8, 4) is 17.2 Å². The van der Waals surface area contributed by atoms with Gasteiger partial charge in [0.05, 0.1) is 38.5 Å². The number of methoxy groups -OCH3 is 3. The molecular weight excluding hydrogens is 438 g/mol. The SMILES string of the molecule is CNc1cc2onc(NS(=O)(=O)c3c(OC)cc(C4CCCO4)cc3OC)c2cc1OC. The van der Waals surface area contributed by atoms with Gasteiger partial charge in [0, 0.05) is 19.7 Å². The highest BCUT2D eigenvalue weighted by atomic mass is 32.2. The van der Waals surface area contributed by atoms with Crippen LogP contribution in [-0.4, -0.2) is 48.6 Å². The predicted molar refractivity (Wildman–Crippen MR) is 118 cm³/mol. The lowest BCUT2D eigenvalue weighted by atomic mass is 10.1. The Balaban J connectivity index is 1.77. The van der Waals surface area contributed by atoms with Crippen molar-refractivity contribution >= 4 is 32.5 Å². The van der Waals surface area contributed by atoms with Crippen LogP contribution in [0.5, 0.6) is 17.2 Å². The van der Waals surface area contributed by atoms with Crippen LogP contribution in [-0.2, 0) is 14.8 Å². The molecule has 1 aliphatic heterocycles. The van der Waals surface area contributed by atoms with Crippen molar-refractivity contribution in [2.45, 2.75) is 23.8 Å². The van der Waals surface area contributed by atoms with Gasteiger partial charge < -0.3 is 28.8 Å². The maximum absolute atomic E-state index is 13.4. The Bertz CT molecular complexity index is 1210. The molecule has 1 aliphatic rings. The summed E-state index contributed by atoms with van der Waals surface area (Å²) in [7, 11) is 1.91. The molecule has 1 atom stereocenters. The summed E-state index contributed by atoms with van der Waals surface area (Å²) in [5, 5.41) is 7.33. The van der Waals surface area contributed by atoms with Crippen LogP contribution in [0.1, 0.15) is 24.5 Å². The number of ether oxygens (including phenoxy) is 4. The average molecular weight is 464 g/mol. The lowest BCUT2D eigenvalue weighted by Gasteiger charge is -2.18. The fourth-order valence-corrected chi connectivity index (χ4v) is 5.09. The molecule has 2 aromatic carbocycles. The first kappa shape index (κ1) is 22.0. The Morgan fingerprint density at radius 3 is 2.28 bits per heavy atom. The Morgan fingerprint density at radius 1 is 1.03 bits per heavy atom. The van der Waals surface area contributed by atoms with E-state index >= 15 is 0 Å². The van der Waals surface area contributed by atoms with Crippen molar-refractivity contribution in [1.82, 2.24) is 5.16 Å². The Kier molecular flexibility index (Phi) is 6.02. The first-order chi connectivity index (χ1) is 15.4. The van der Waals surface area contributed by atoms with Gasteiger partial charge in [0.2, 0.25) is 0 Å². The second kappa shape index (κ2) is 8.75.